The number of carbonyl (C=O) groups is 1. The van der Waals surface area contributed by atoms with Crippen molar-refractivity contribution in [2.24, 2.45) is 0 Å². The average Bonchev–Trinajstić information content (AvgIpc) is 2.74. The maximum Gasteiger partial charge on any atom is 0.306 e. The number of nitrogens with zero attached hydrogens (tertiary/aromatic N) is 2. The second-order valence-corrected chi connectivity index (χ2v) is 4.28. The summed E-state index contributed by atoms with van der Waals surface area (Å²) in [5.74, 6) is -0.152. The van der Waals surface area contributed by atoms with Crippen LogP contribution >= 0.6 is 11.3 Å². The highest BCUT2D eigenvalue weighted by Crippen LogP contribution is 2.19. The van der Waals surface area contributed by atoms with Crippen molar-refractivity contribution in [2.45, 2.75) is 26.7 Å². The number of aromatic nitrogens is 1. The molecule has 0 atom stereocenters. The zero-order valence-corrected chi connectivity index (χ0v) is 10.8. The van der Waals surface area contributed by atoms with Gasteiger partial charge in [0.1, 0.15) is 0 Å². The van der Waals surface area contributed by atoms with Gasteiger partial charge in [0.05, 0.1) is 18.7 Å². The summed E-state index contributed by atoms with van der Waals surface area (Å²) >= 11 is 1.61. The molecule has 0 aliphatic heterocycles. The smallest absolute Gasteiger partial charge is 0.306 e. The van der Waals surface area contributed by atoms with Crippen LogP contribution in [-0.4, -0.2) is 31.2 Å². The first-order chi connectivity index (χ1) is 7.67. The van der Waals surface area contributed by atoms with Gasteiger partial charge in [-0.3, -0.25) is 4.79 Å². The number of hydrogen-bond acceptors (Lipinski definition) is 5. The lowest BCUT2D eigenvalue weighted by atomic mass is 10.2. The van der Waals surface area contributed by atoms with Crippen LogP contribution in [-0.2, 0) is 16.0 Å². The zero-order valence-electron chi connectivity index (χ0n) is 10.0. The zero-order chi connectivity index (χ0) is 12.0. The molecule has 0 unspecified atom stereocenters. The Balaban J connectivity index is 2.43. The van der Waals surface area contributed by atoms with E-state index in [0.717, 1.165) is 17.4 Å². The molecule has 1 rings (SSSR count). The monoisotopic (exact) mass is 242 g/mol. The third kappa shape index (κ3) is 3.81. The highest BCUT2D eigenvalue weighted by Gasteiger charge is 2.08. The van der Waals surface area contributed by atoms with Crippen LogP contribution < -0.4 is 4.90 Å². The molecule has 0 fully saturated rings. The fourth-order valence-corrected chi connectivity index (χ4v) is 2.08. The molecule has 0 amide bonds. The van der Waals surface area contributed by atoms with Gasteiger partial charge in [0.15, 0.2) is 5.13 Å². The Labute approximate surface area is 100 Å². The molecule has 1 aromatic rings. The minimum absolute atomic E-state index is 0.152. The molecule has 0 saturated heterocycles. The maximum absolute atomic E-state index is 11.2. The molecule has 4 nitrogen and oxygen atoms in total. The summed E-state index contributed by atoms with van der Waals surface area (Å²) < 4.78 is 4.87. The van der Waals surface area contributed by atoms with E-state index in [1.165, 1.54) is 0 Å². The third-order valence-corrected chi connectivity index (χ3v) is 3.23. The second kappa shape index (κ2) is 6.48. The highest BCUT2D eigenvalue weighted by molar-refractivity contribution is 7.13. The Morgan fingerprint density at radius 3 is 2.94 bits per heavy atom. The van der Waals surface area contributed by atoms with Crippen LogP contribution in [0.15, 0.2) is 5.38 Å². The van der Waals surface area contributed by atoms with E-state index in [-0.39, 0.29) is 5.97 Å². The van der Waals surface area contributed by atoms with Crippen molar-refractivity contribution in [3.63, 3.8) is 0 Å². The number of rotatable bonds is 6. The van der Waals surface area contributed by atoms with Crippen molar-refractivity contribution in [3.8, 4) is 0 Å². The van der Waals surface area contributed by atoms with Gasteiger partial charge in [0, 0.05) is 25.4 Å². The largest absolute Gasteiger partial charge is 0.466 e. The van der Waals surface area contributed by atoms with Crippen LogP contribution in [0.3, 0.4) is 0 Å². The Bertz CT molecular complexity index is 338. The van der Waals surface area contributed by atoms with E-state index in [4.69, 9.17) is 4.74 Å². The quantitative estimate of drug-likeness (QED) is 0.716. The standard InChI is InChI=1S/C11H18N2O2S/c1-4-13(3)11-12-9(8-16-11)6-7-10(14)15-5-2/h8H,4-7H2,1-3H3. The van der Waals surface area contributed by atoms with Crippen molar-refractivity contribution >= 4 is 22.4 Å². The van der Waals surface area contributed by atoms with Gasteiger partial charge < -0.3 is 9.64 Å². The molecule has 0 radical (unpaired) electrons. The van der Waals surface area contributed by atoms with E-state index in [1.807, 2.05) is 19.4 Å². The molecule has 90 valence electrons. The Kier molecular flexibility index (Phi) is 5.25. The lowest BCUT2D eigenvalue weighted by Gasteiger charge is -2.11. The van der Waals surface area contributed by atoms with Crippen molar-refractivity contribution in [3.05, 3.63) is 11.1 Å². The van der Waals surface area contributed by atoms with Crippen molar-refractivity contribution in [1.29, 1.82) is 0 Å². The van der Waals surface area contributed by atoms with Gasteiger partial charge in [-0.2, -0.15) is 0 Å². The van der Waals surface area contributed by atoms with Gasteiger partial charge in [-0.1, -0.05) is 0 Å². The molecular weight excluding hydrogens is 224 g/mol. The fourth-order valence-electron chi connectivity index (χ4n) is 1.18. The fraction of sp³-hybridized carbons (Fsp3) is 0.636. The Morgan fingerprint density at radius 1 is 1.56 bits per heavy atom. The summed E-state index contributed by atoms with van der Waals surface area (Å²) in [5.41, 5.74) is 0.966. The molecular formula is C11H18N2O2S. The summed E-state index contributed by atoms with van der Waals surface area (Å²) in [6, 6.07) is 0. The normalized spacial score (nSPS) is 10.2. The molecule has 0 aromatic carbocycles. The first-order valence-corrected chi connectivity index (χ1v) is 6.36. The van der Waals surface area contributed by atoms with Gasteiger partial charge in [-0.15, -0.1) is 11.3 Å². The number of aryl methyl sites for hydroxylation is 1. The summed E-state index contributed by atoms with van der Waals surface area (Å²) in [4.78, 5) is 17.7. The highest BCUT2D eigenvalue weighted by atomic mass is 32.1. The van der Waals surface area contributed by atoms with Crippen LogP contribution in [0.2, 0.25) is 0 Å². The predicted molar refractivity (Wildman–Crippen MR) is 66.0 cm³/mol. The average molecular weight is 242 g/mol. The van der Waals surface area contributed by atoms with E-state index in [0.29, 0.717) is 19.4 Å². The number of thiazole rings is 1. The first-order valence-electron chi connectivity index (χ1n) is 5.48. The van der Waals surface area contributed by atoms with E-state index in [9.17, 15) is 4.79 Å². The van der Waals surface area contributed by atoms with Gasteiger partial charge in [-0.05, 0) is 13.8 Å². The van der Waals surface area contributed by atoms with E-state index < -0.39 is 0 Å². The van der Waals surface area contributed by atoms with E-state index >= 15 is 0 Å². The molecule has 16 heavy (non-hydrogen) atoms. The van der Waals surface area contributed by atoms with Gasteiger partial charge in [0.2, 0.25) is 0 Å². The molecule has 0 aliphatic rings. The van der Waals surface area contributed by atoms with Crippen LogP contribution in [0.5, 0.6) is 0 Å². The number of esters is 1. The number of carbonyl (C=O) groups excluding carboxylic acids is 1. The van der Waals surface area contributed by atoms with Crippen LogP contribution in [0, 0.1) is 0 Å². The molecule has 1 aromatic heterocycles. The van der Waals surface area contributed by atoms with Gasteiger partial charge in [0.25, 0.3) is 0 Å². The minimum Gasteiger partial charge on any atom is -0.466 e. The van der Waals surface area contributed by atoms with Crippen molar-refractivity contribution in [2.75, 3.05) is 25.1 Å². The van der Waals surface area contributed by atoms with Crippen LogP contribution in [0.4, 0.5) is 5.13 Å². The number of hydrogen-bond donors (Lipinski definition) is 0. The summed E-state index contributed by atoms with van der Waals surface area (Å²) in [7, 11) is 2.01. The SMILES string of the molecule is CCOC(=O)CCc1csc(N(C)CC)n1. The molecule has 1 heterocycles. The molecule has 0 aliphatic carbocycles. The molecule has 0 N–H and O–H groups in total. The lowest BCUT2D eigenvalue weighted by molar-refractivity contribution is -0.143. The third-order valence-electron chi connectivity index (χ3n) is 2.23. The second-order valence-electron chi connectivity index (χ2n) is 3.44. The lowest BCUT2D eigenvalue weighted by Crippen LogP contribution is -2.15. The van der Waals surface area contributed by atoms with Crippen molar-refractivity contribution in [1.82, 2.24) is 4.98 Å². The molecule has 0 bridgehead atoms. The van der Waals surface area contributed by atoms with E-state index in [2.05, 4.69) is 16.8 Å². The number of anilines is 1. The van der Waals surface area contributed by atoms with Crippen LogP contribution in [0.1, 0.15) is 26.0 Å². The number of ether oxygens (including phenoxy) is 1. The summed E-state index contributed by atoms with van der Waals surface area (Å²) in [6.07, 6.45) is 1.07. The van der Waals surface area contributed by atoms with Crippen LogP contribution in [0.25, 0.3) is 0 Å². The topological polar surface area (TPSA) is 42.4 Å². The van der Waals surface area contributed by atoms with E-state index in [1.54, 1.807) is 11.3 Å². The summed E-state index contributed by atoms with van der Waals surface area (Å²) in [6.45, 7) is 5.28. The maximum atomic E-state index is 11.2. The Hall–Kier alpha value is -1.10. The molecule has 5 heteroatoms. The van der Waals surface area contributed by atoms with Gasteiger partial charge >= 0.3 is 5.97 Å². The first kappa shape index (κ1) is 13.0. The summed E-state index contributed by atoms with van der Waals surface area (Å²) in [5, 5.41) is 3.00. The molecule has 0 saturated carbocycles. The minimum atomic E-state index is -0.152. The van der Waals surface area contributed by atoms with Crippen molar-refractivity contribution < 1.29 is 9.53 Å². The van der Waals surface area contributed by atoms with Gasteiger partial charge in [-0.25, -0.2) is 4.98 Å². The molecule has 0 spiro atoms. The predicted octanol–water partition coefficient (Wildman–Crippen LogP) is 2.09. The Morgan fingerprint density at radius 2 is 2.31 bits per heavy atom.